The van der Waals surface area contributed by atoms with Crippen molar-refractivity contribution in [2.45, 2.75) is 25.7 Å². The van der Waals surface area contributed by atoms with Crippen LogP contribution in [0.2, 0.25) is 0 Å². The van der Waals surface area contributed by atoms with Crippen molar-refractivity contribution >= 4 is 17.4 Å². The molecular weight excluding hydrogens is 190 g/mol. The molecule has 0 atom stereocenters. The molecule has 0 amide bonds. The van der Waals surface area contributed by atoms with Crippen molar-refractivity contribution in [3.63, 3.8) is 0 Å². The average Bonchev–Trinajstić information content (AvgIpc) is 2.08. The van der Waals surface area contributed by atoms with Crippen LogP contribution in [0.1, 0.15) is 19.4 Å². The van der Waals surface area contributed by atoms with Gasteiger partial charge in [-0.25, -0.2) is 0 Å². The summed E-state index contributed by atoms with van der Waals surface area (Å²) in [6.07, 6.45) is 2.21. The van der Waals surface area contributed by atoms with E-state index in [1.165, 1.54) is 16.0 Å². The van der Waals surface area contributed by atoms with Gasteiger partial charge in [0.05, 0.1) is 0 Å². The molecule has 2 N–H and O–H groups in total. The maximum absolute atomic E-state index is 5.90. The number of hydrogen-bond acceptors (Lipinski definition) is 2. The summed E-state index contributed by atoms with van der Waals surface area (Å²) >= 11 is 1.78. The zero-order valence-electron chi connectivity index (χ0n) is 9.00. The van der Waals surface area contributed by atoms with E-state index in [-0.39, 0.29) is 0 Å². The third-order valence-corrected chi connectivity index (χ3v) is 2.91. The summed E-state index contributed by atoms with van der Waals surface area (Å²) in [5, 5.41) is 0. The number of benzene rings is 1. The molecule has 76 valence electrons. The lowest BCUT2D eigenvalue weighted by molar-refractivity contribution is 1.36. The number of thioether (sulfide) groups is 1. The Bertz CT molecular complexity index is 338. The molecule has 0 aliphatic heterocycles. The van der Waals surface area contributed by atoms with E-state index in [0.29, 0.717) is 0 Å². The summed E-state index contributed by atoms with van der Waals surface area (Å²) in [5.74, 6) is 0.996. The van der Waals surface area contributed by atoms with Gasteiger partial charge >= 0.3 is 0 Å². The zero-order chi connectivity index (χ0) is 10.6. The lowest BCUT2D eigenvalue weighted by Gasteiger charge is -2.04. The maximum atomic E-state index is 5.90. The third-order valence-electron chi connectivity index (χ3n) is 1.90. The summed E-state index contributed by atoms with van der Waals surface area (Å²) in [5.41, 5.74) is 9.35. The molecule has 0 saturated carbocycles. The van der Waals surface area contributed by atoms with Gasteiger partial charge in [-0.2, -0.15) is 0 Å². The monoisotopic (exact) mass is 207 g/mol. The van der Waals surface area contributed by atoms with Gasteiger partial charge in [0.25, 0.3) is 0 Å². The molecule has 0 spiro atoms. The summed E-state index contributed by atoms with van der Waals surface area (Å²) in [6.45, 7) is 6.28. The molecule has 0 heterocycles. The minimum atomic E-state index is 0.886. The predicted molar refractivity (Wildman–Crippen MR) is 65.7 cm³/mol. The highest BCUT2D eigenvalue weighted by Crippen LogP contribution is 2.25. The van der Waals surface area contributed by atoms with Gasteiger partial charge in [0.15, 0.2) is 0 Å². The number of nitrogen functional groups attached to an aromatic ring is 1. The Morgan fingerprint density at radius 2 is 2.14 bits per heavy atom. The van der Waals surface area contributed by atoms with E-state index in [4.69, 9.17) is 5.73 Å². The first-order valence-electron chi connectivity index (χ1n) is 4.72. The normalized spacial score (nSPS) is 9.93. The fourth-order valence-electron chi connectivity index (χ4n) is 1.10. The fourth-order valence-corrected chi connectivity index (χ4v) is 2.08. The van der Waals surface area contributed by atoms with Crippen molar-refractivity contribution in [2.75, 3.05) is 11.5 Å². The van der Waals surface area contributed by atoms with Crippen LogP contribution in [0.15, 0.2) is 34.7 Å². The van der Waals surface area contributed by atoms with E-state index in [1.54, 1.807) is 11.8 Å². The number of hydrogen-bond donors (Lipinski definition) is 1. The van der Waals surface area contributed by atoms with Crippen LogP contribution in [0.3, 0.4) is 0 Å². The Kier molecular flexibility index (Phi) is 4.08. The summed E-state index contributed by atoms with van der Waals surface area (Å²) in [6, 6.07) is 6.21. The summed E-state index contributed by atoms with van der Waals surface area (Å²) in [7, 11) is 0. The molecule has 1 rings (SSSR count). The number of allylic oxidation sites excluding steroid dienone is 1. The first-order chi connectivity index (χ1) is 6.59. The molecule has 0 unspecified atom stereocenters. The summed E-state index contributed by atoms with van der Waals surface area (Å²) < 4.78 is 0. The smallest absolute Gasteiger partial charge is 0.0454 e. The van der Waals surface area contributed by atoms with Crippen molar-refractivity contribution in [3.05, 3.63) is 35.4 Å². The van der Waals surface area contributed by atoms with Gasteiger partial charge in [0, 0.05) is 16.3 Å². The molecule has 14 heavy (non-hydrogen) atoms. The van der Waals surface area contributed by atoms with Crippen molar-refractivity contribution in [1.82, 2.24) is 0 Å². The van der Waals surface area contributed by atoms with Crippen LogP contribution in [0.4, 0.5) is 5.69 Å². The van der Waals surface area contributed by atoms with Crippen LogP contribution in [-0.4, -0.2) is 5.75 Å². The van der Waals surface area contributed by atoms with E-state index in [2.05, 4.69) is 39.0 Å². The Morgan fingerprint density at radius 1 is 1.43 bits per heavy atom. The number of nitrogens with two attached hydrogens (primary N) is 1. The van der Waals surface area contributed by atoms with Gasteiger partial charge in [-0.05, 0) is 38.5 Å². The van der Waals surface area contributed by atoms with Crippen LogP contribution in [0.25, 0.3) is 0 Å². The molecule has 0 aliphatic rings. The molecule has 1 aromatic rings. The predicted octanol–water partition coefficient (Wildman–Crippen LogP) is 3.64. The SMILES string of the molecule is CC(C)=CCSc1ccc(C)cc1N. The molecule has 0 aromatic heterocycles. The van der Waals surface area contributed by atoms with Crippen molar-refractivity contribution in [3.8, 4) is 0 Å². The van der Waals surface area contributed by atoms with Crippen LogP contribution in [-0.2, 0) is 0 Å². The minimum Gasteiger partial charge on any atom is -0.398 e. The summed E-state index contributed by atoms with van der Waals surface area (Å²) in [4.78, 5) is 1.17. The topological polar surface area (TPSA) is 26.0 Å². The van der Waals surface area contributed by atoms with E-state index in [0.717, 1.165) is 11.4 Å². The first-order valence-corrected chi connectivity index (χ1v) is 5.70. The van der Waals surface area contributed by atoms with Crippen LogP contribution >= 0.6 is 11.8 Å². The Morgan fingerprint density at radius 3 is 2.71 bits per heavy atom. The van der Waals surface area contributed by atoms with E-state index < -0.39 is 0 Å². The zero-order valence-corrected chi connectivity index (χ0v) is 9.82. The van der Waals surface area contributed by atoms with E-state index >= 15 is 0 Å². The second-order valence-electron chi connectivity index (χ2n) is 3.63. The van der Waals surface area contributed by atoms with Crippen LogP contribution in [0.5, 0.6) is 0 Å². The Labute approximate surface area is 90.4 Å². The van der Waals surface area contributed by atoms with Crippen molar-refractivity contribution < 1.29 is 0 Å². The van der Waals surface area contributed by atoms with Gasteiger partial charge in [-0.1, -0.05) is 17.7 Å². The van der Waals surface area contributed by atoms with Crippen LogP contribution < -0.4 is 5.73 Å². The van der Waals surface area contributed by atoms with E-state index in [1.807, 2.05) is 6.07 Å². The highest BCUT2D eigenvalue weighted by molar-refractivity contribution is 7.99. The number of anilines is 1. The maximum Gasteiger partial charge on any atom is 0.0454 e. The van der Waals surface area contributed by atoms with Gasteiger partial charge < -0.3 is 5.73 Å². The fraction of sp³-hybridized carbons (Fsp3) is 0.333. The molecule has 2 heteroatoms. The molecule has 0 aliphatic carbocycles. The van der Waals surface area contributed by atoms with Crippen molar-refractivity contribution in [2.24, 2.45) is 0 Å². The number of rotatable bonds is 3. The van der Waals surface area contributed by atoms with E-state index in [9.17, 15) is 0 Å². The number of aryl methyl sites for hydroxylation is 1. The molecule has 0 bridgehead atoms. The third kappa shape index (κ3) is 3.46. The largest absolute Gasteiger partial charge is 0.398 e. The standard InChI is InChI=1S/C12H17NS/c1-9(2)6-7-14-12-5-4-10(3)8-11(12)13/h4-6,8H,7,13H2,1-3H3. The molecular formula is C12H17NS. The highest BCUT2D eigenvalue weighted by atomic mass is 32.2. The molecule has 1 aromatic carbocycles. The first kappa shape index (κ1) is 11.2. The van der Waals surface area contributed by atoms with Gasteiger partial charge in [-0.3, -0.25) is 0 Å². The highest BCUT2D eigenvalue weighted by Gasteiger charge is 1.98. The quantitative estimate of drug-likeness (QED) is 0.465. The second-order valence-corrected chi connectivity index (χ2v) is 4.70. The van der Waals surface area contributed by atoms with Gasteiger partial charge in [0.1, 0.15) is 0 Å². The second kappa shape index (κ2) is 5.11. The van der Waals surface area contributed by atoms with Crippen LogP contribution in [0, 0.1) is 6.92 Å². The minimum absolute atomic E-state index is 0.886. The molecule has 0 radical (unpaired) electrons. The lowest BCUT2D eigenvalue weighted by atomic mass is 10.2. The average molecular weight is 207 g/mol. The lowest BCUT2D eigenvalue weighted by Crippen LogP contribution is -1.89. The molecule has 0 saturated heterocycles. The van der Waals surface area contributed by atoms with Gasteiger partial charge in [0.2, 0.25) is 0 Å². The van der Waals surface area contributed by atoms with Gasteiger partial charge in [-0.15, -0.1) is 11.8 Å². The Balaban J connectivity index is 2.64. The van der Waals surface area contributed by atoms with Crippen molar-refractivity contribution in [1.29, 1.82) is 0 Å². The molecule has 1 nitrogen and oxygen atoms in total. The Hall–Kier alpha value is -0.890. The molecule has 0 fully saturated rings.